The third-order valence-electron chi connectivity index (χ3n) is 11.0. The summed E-state index contributed by atoms with van der Waals surface area (Å²) in [6.07, 6.45) is -2.30. The number of aromatic nitrogens is 2. The molecule has 312 valence electrons. The van der Waals surface area contributed by atoms with Gasteiger partial charge in [-0.25, -0.2) is 14.8 Å². The average molecular weight is 839 g/mol. The van der Waals surface area contributed by atoms with E-state index in [1.54, 1.807) is 40.2 Å². The molecule has 1 N–H and O–H groups in total. The number of likely N-dealkylation sites (tertiary alicyclic amines) is 1. The molecule has 2 saturated heterocycles. The molecule has 0 saturated carbocycles. The van der Waals surface area contributed by atoms with Crippen LogP contribution in [0.3, 0.4) is 0 Å². The van der Waals surface area contributed by atoms with E-state index in [0.717, 1.165) is 56.0 Å². The lowest BCUT2D eigenvalue weighted by atomic mass is 9.87. The van der Waals surface area contributed by atoms with E-state index in [1.165, 1.54) is 40.9 Å². The maximum absolute atomic E-state index is 13.3. The summed E-state index contributed by atoms with van der Waals surface area (Å²) >= 11 is 2.69. The number of amides is 1. The van der Waals surface area contributed by atoms with Gasteiger partial charge in [-0.2, -0.15) is 26.3 Å². The lowest BCUT2D eigenvalue weighted by molar-refractivity contribution is -0.138. The first kappa shape index (κ1) is 44.5. The molecule has 0 radical (unpaired) electrons. The number of piperidine rings is 2. The van der Waals surface area contributed by atoms with Crippen molar-refractivity contribution >= 4 is 28.8 Å². The molecule has 2 aliphatic heterocycles. The van der Waals surface area contributed by atoms with Crippen molar-refractivity contribution < 1.29 is 35.9 Å². The summed E-state index contributed by atoms with van der Waals surface area (Å²) in [7, 11) is 4.03. The van der Waals surface area contributed by atoms with Crippen molar-refractivity contribution in [3.63, 3.8) is 0 Å². The Balaban J connectivity index is 0.000000224. The fourth-order valence-corrected chi connectivity index (χ4v) is 8.39. The zero-order valence-electron chi connectivity index (χ0n) is 33.5. The molecule has 1 amide bonds. The van der Waals surface area contributed by atoms with Gasteiger partial charge in [0.1, 0.15) is 15.6 Å². The van der Waals surface area contributed by atoms with Crippen LogP contribution in [0.4, 0.5) is 31.1 Å². The van der Waals surface area contributed by atoms with Crippen LogP contribution in [-0.4, -0.2) is 87.7 Å². The Hall–Kier alpha value is -3.57. The minimum absolute atomic E-state index is 0.0497. The molecular weight excluding hydrogens is 787 g/mol. The van der Waals surface area contributed by atoms with Crippen LogP contribution in [0.1, 0.15) is 82.6 Å². The maximum atomic E-state index is 13.3. The molecule has 57 heavy (non-hydrogen) atoms. The highest BCUT2D eigenvalue weighted by atomic mass is 32.1. The number of nitrogens with zero attached hydrogens (tertiary/aromatic N) is 5. The van der Waals surface area contributed by atoms with Crippen molar-refractivity contribution in [2.24, 2.45) is 0 Å². The summed E-state index contributed by atoms with van der Waals surface area (Å²) in [5.74, 6) is 0. The number of carbonyl (C=O) groups is 1. The van der Waals surface area contributed by atoms with Crippen LogP contribution < -0.4 is 5.32 Å². The zero-order chi connectivity index (χ0) is 41.8. The highest BCUT2D eigenvalue weighted by molar-refractivity contribution is 7.13. The second-order valence-corrected chi connectivity index (χ2v) is 18.1. The fourth-order valence-electron chi connectivity index (χ4n) is 7.01. The van der Waals surface area contributed by atoms with Gasteiger partial charge in [-0.1, -0.05) is 12.1 Å². The fraction of sp³-hybridized carbons (Fsp3) is 0.537. The molecule has 0 spiro atoms. The number of benzene rings is 2. The number of nitrogens with one attached hydrogen (secondary N) is 1. The minimum Gasteiger partial charge on any atom is -0.444 e. The van der Waals surface area contributed by atoms with E-state index in [2.05, 4.69) is 46.0 Å². The van der Waals surface area contributed by atoms with E-state index in [1.807, 2.05) is 27.8 Å². The maximum Gasteiger partial charge on any atom is 0.416 e. The number of thiazole rings is 2. The molecule has 2 aromatic carbocycles. The Labute approximate surface area is 339 Å². The molecular formula is C41H52F6N6O2S2. The van der Waals surface area contributed by atoms with Gasteiger partial charge in [0.15, 0.2) is 0 Å². The summed E-state index contributed by atoms with van der Waals surface area (Å²) < 4.78 is 84.7. The number of carbonyl (C=O) groups excluding carboxylic acids is 1. The number of ether oxygens (including phenoxy) is 1. The summed E-state index contributed by atoms with van der Waals surface area (Å²) in [6.45, 7) is 14.0. The minimum atomic E-state index is -4.41. The first-order valence-corrected chi connectivity index (χ1v) is 20.7. The van der Waals surface area contributed by atoms with Gasteiger partial charge in [0.25, 0.3) is 0 Å². The van der Waals surface area contributed by atoms with Crippen molar-refractivity contribution in [1.82, 2.24) is 30.0 Å². The monoisotopic (exact) mass is 838 g/mol. The molecule has 2 aliphatic rings. The number of alkyl halides is 6. The van der Waals surface area contributed by atoms with E-state index in [0.29, 0.717) is 47.3 Å². The molecule has 16 heteroatoms. The van der Waals surface area contributed by atoms with Gasteiger partial charge < -0.3 is 15.0 Å². The standard InChI is InChI=1S/C23H30F3N3O2S.C18H22F3N3S/c1-21(2,3)31-20(30)29-11-8-22(4,9-12-29)28(5)15-16-6-7-17(23(24,25)26)14-18(16)19-27-10-13-32-19;1-17(5-7-22-8-6-17)24(2)12-13-3-4-14(18(19,20)21)11-15(13)16-23-9-10-25-16/h6-7,10,13-14H,8-9,11-12,15H2,1-5H3;3-4,9-11,22H,5-8,12H2,1-2H3. The van der Waals surface area contributed by atoms with Gasteiger partial charge in [-0.3, -0.25) is 9.80 Å². The normalized spacial score (nSPS) is 17.4. The van der Waals surface area contributed by atoms with Crippen LogP contribution in [0.5, 0.6) is 0 Å². The SMILES string of the molecule is CN(Cc1ccc(C(F)(F)F)cc1-c1nccs1)C1(C)CCN(C(=O)OC(C)(C)C)CC1.CN(Cc1ccc(C(F)(F)F)cc1-c1nccs1)C1(C)CCNCC1. The van der Waals surface area contributed by atoms with E-state index >= 15 is 0 Å². The second-order valence-electron chi connectivity index (χ2n) is 16.3. The highest BCUT2D eigenvalue weighted by Gasteiger charge is 2.38. The average Bonchev–Trinajstić information content (AvgIpc) is 3.87. The molecule has 0 aliphatic carbocycles. The lowest BCUT2D eigenvalue weighted by Gasteiger charge is -2.45. The summed E-state index contributed by atoms with van der Waals surface area (Å²) in [5, 5.41) is 8.11. The Morgan fingerprint density at radius 1 is 0.754 bits per heavy atom. The molecule has 2 aromatic heterocycles. The van der Waals surface area contributed by atoms with E-state index in [4.69, 9.17) is 4.74 Å². The Kier molecular flexibility index (Phi) is 13.9. The van der Waals surface area contributed by atoms with Crippen LogP contribution in [0, 0.1) is 0 Å². The smallest absolute Gasteiger partial charge is 0.416 e. The van der Waals surface area contributed by atoms with Crippen LogP contribution in [-0.2, 0) is 30.2 Å². The molecule has 2 fully saturated rings. The van der Waals surface area contributed by atoms with Crippen molar-refractivity contribution in [3.05, 3.63) is 81.8 Å². The molecule has 0 unspecified atom stereocenters. The molecule has 4 heterocycles. The third-order valence-corrected chi connectivity index (χ3v) is 12.6. The van der Waals surface area contributed by atoms with Gasteiger partial charge in [0.2, 0.25) is 0 Å². The molecule has 8 nitrogen and oxygen atoms in total. The van der Waals surface area contributed by atoms with Gasteiger partial charge in [0, 0.05) is 71.5 Å². The van der Waals surface area contributed by atoms with Crippen molar-refractivity contribution in [3.8, 4) is 21.1 Å². The van der Waals surface area contributed by atoms with E-state index in [9.17, 15) is 31.1 Å². The first-order valence-electron chi connectivity index (χ1n) is 18.9. The van der Waals surface area contributed by atoms with E-state index < -0.39 is 29.1 Å². The Bertz CT molecular complexity index is 1910. The predicted molar refractivity (Wildman–Crippen MR) is 214 cm³/mol. The second kappa shape index (κ2) is 17.7. The summed E-state index contributed by atoms with van der Waals surface area (Å²) in [4.78, 5) is 27.0. The van der Waals surface area contributed by atoms with Gasteiger partial charge in [-0.15, -0.1) is 22.7 Å². The van der Waals surface area contributed by atoms with Crippen LogP contribution in [0.15, 0.2) is 59.6 Å². The van der Waals surface area contributed by atoms with E-state index in [-0.39, 0.29) is 17.2 Å². The number of rotatable bonds is 8. The molecule has 0 atom stereocenters. The van der Waals surface area contributed by atoms with Crippen LogP contribution >= 0.6 is 22.7 Å². The van der Waals surface area contributed by atoms with Gasteiger partial charge in [-0.05, 0) is 123 Å². The van der Waals surface area contributed by atoms with Crippen LogP contribution in [0.2, 0.25) is 0 Å². The Morgan fingerprint density at radius 3 is 1.54 bits per heavy atom. The summed E-state index contributed by atoms with van der Waals surface area (Å²) in [5.41, 5.74) is 0.782. The Morgan fingerprint density at radius 2 is 1.18 bits per heavy atom. The molecule has 0 bridgehead atoms. The van der Waals surface area contributed by atoms with Gasteiger partial charge in [0.05, 0.1) is 11.1 Å². The lowest BCUT2D eigenvalue weighted by Crippen LogP contribution is -2.53. The highest BCUT2D eigenvalue weighted by Crippen LogP contribution is 2.38. The third kappa shape index (κ3) is 11.6. The van der Waals surface area contributed by atoms with Gasteiger partial charge >= 0.3 is 18.4 Å². The zero-order valence-corrected chi connectivity index (χ0v) is 35.1. The number of hydrogen-bond acceptors (Lipinski definition) is 9. The van der Waals surface area contributed by atoms with Crippen LogP contribution in [0.25, 0.3) is 21.1 Å². The number of hydrogen-bond donors (Lipinski definition) is 1. The van der Waals surface area contributed by atoms with Crippen molar-refractivity contribution in [2.75, 3.05) is 40.3 Å². The first-order chi connectivity index (χ1) is 26.6. The predicted octanol–water partition coefficient (Wildman–Crippen LogP) is 10.5. The summed E-state index contributed by atoms with van der Waals surface area (Å²) in [6, 6.07) is 7.87. The molecule has 6 rings (SSSR count). The number of halogens is 6. The van der Waals surface area contributed by atoms with Crippen molar-refractivity contribution in [2.45, 2.75) is 102 Å². The topological polar surface area (TPSA) is 73.8 Å². The van der Waals surface area contributed by atoms with Crippen molar-refractivity contribution in [1.29, 1.82) is 0 Å². The largest absolute Gasteiger partial charge is 0.444 e. The quantitative estimate of drug-likeness (QED) is 0.177. The molecule has 4 aromatic rings.